The van der Waals surface area contributed by atoms with E-state index in [0.717, 1.165) is 28.6 Å². The maximum absolute atomic E-state index is 12.9. The molecule has 3 aromatic heterocycles. The molecule has 0 spiro atoms. The smallest absolute Gasteiger partial charge is 0.251 e. The summed E-state index contributed by atoms with van der Waals surface area (Å²) in [6.45, 7) is 4.17. The van der Waals surface area contributed by atoms with Gasteiger partial charge in [-0.15, -0.1) is 0 Å². The van der Waals surface area contributed by atoms with Crippen molar-refractivity contribution < 1.29 is 4.79 Å². The standard InChI is InChI=1S/C28H27N5O/c1-2-33-25-6-4-3-5-23(25)24-19-22(7-8-26(24)33)28(34)32-18-17-31-27(20-9-13-29-14-10-20)21-11-15-30-16-12-21/h3-16,19,27,31H,2,17-18H2,1H3,(H,32,34). The summed E-state index contributed by atoms with van der Waals surface area (Å²) in [5.41, 5.74) is 5.25. The molecule has 5 aromatic rings. The molecule has 34 heavy (non-hydrogen) atoms. The minimum absolute atomic E-state index is 0.000532. The summed E-state index contributed by atoms with van der Waals surface area (Å²) in [5, 5.41) is 8.89. The van der Waals surface area contributed by atoms with E-state index in [1.54, 1.807) is 24.8 Å². The van der Waals surface area contributed by atoms with Gasteiger partial charge in [0.25, 0.3) is 5.91 Å². The van der Waals surface area contributed by atoms with Crippen molar-refractivity contribution in [3.63, 3.8) is 0 Å². The number of carbonyl (C=O) groups is 1. The van der Waals surface area contributed by atoms with Crippen LogP contribution in [0.1, 0.15) is 34.5 Å². The number of amides is 1. The molecule has 6 heteroatoms. The van der Waals surface area contributed by atoms with Crippen molar-refractivity contribution in [3.8, 4) is 0 Å². The average molecular weight is 450 g/mol. The minimum atomic E-state index is -0.0681. The van der Waals surface area contributed by atoms with Crippen LogP contribution in [-0.4, -0.2) is 33.5 Å². The molecule has 0 fully saturated rings. The maximum Gasteiger partial charge on any atom is 0.251 e. The zero-order valence-electron chi connectivity index (χ0n) is 19.1. The summed E-state index contributed by atoms with van der Waals surface area (Å²) in [7, 11) is 0. The summed E-state index contributed by atoms with van der Waals surface area (Å²) in [4.78, 5) is 21.2. The predicted octanol–water partition coefficient (Wildman–Crippen LogP) is 4.71. The van der Waals surface area contributed by atoms with Gasteiger partial charge in [-0.3, -0.25) is 14.8 Å². The second-order valence-corrected chi connectivity index (χ2v) is 8.20. The molecule has 170 valence electrons. The average Bonchev–Trinajstić information content (AvgIpc) is 3.22. The Kier molecular flexibility index (Phi) is 6.31. The highest BCUT2D eigenvalue weighted by molar-refractivity contribution is 6.10. The Morgan fingerprint density at radius 1 is 0.824 bits per heavy atom. The van der Waals surface area contributed by atoms with E-state index in [0.29, 0.717) is 18.7 Å². The monoisotopic (exact) mass is 449 g/mol. The van der Waals surface area contributed by atoms with E-state index in [1.165, 1.54) is 10.9 Å². The Labute approximate surface area is 198 Å². The lowest BCUT2D eigenvalue weighted by Gasteiger charge is -2.19. The first-order chi connectivity index (χ1) is 16.8. The molecule has 0 unspecified atom stereocenters. The van der Waals surface area contributed by atoms with E-state index >= 15 is 0 Å². The van der Waals surface area contributed by atoms with Gasteiger partial charge in [0.1, 0.15) is 0 Å². The second-order valence-electron chi connectivity index (χ2n) is 8.20. The van der Waals surface area contributed by atoms with Crippen molar-refractivity contribution in [2.45, 2.75) is 19.5 Å². The molecule has 0 aliphatic carbocycles. The quantitative estimate of drug-likeness (QED) is 0.337. The number of nitrogens with zero attached hydrogens (tertiary/aromatic N) is 3. The first-order valence-corrected chi connectivity index (χ1v) is 11.6. The zero-order chi connectivity index (χ0) is 23.3. The van der Waals surface area contributed by atoms with Crippen LogP contribution < -0.4 is 10.6 Å². The molecule has 0 aliphatic heterocycles. The molecule has 2 aromatic carbocycles. The van der Waals surface area contributed by atoms with E-state index in [9.17, 15) is 4.79 Å². The molecule has 2 N–H and O–H groups in total. The van der Waals surface area contributed by atoms with Crippen LogP contribution in [0.4, 0.5) is 0 Å². The Bertz CT molecular complexity index is 1370. The fourth-order valence-electron chi connectivity index (χ4n) is 4.57. The van der Waals surface area contributed by atoms with Crippen LogP contribution in [-0.2, 0) is 6.54 Å². The molecule has 5 rings (SSSR count). The highest BCUT2D eigenvalue weighted by Gasteiger charge is 2.15. The van der Waals surface area contributed by atoms with E-state index in [2.05, 4.69) is 56.4 Å². The number of hydrogen-bond donors (Lipinski definition) is 2. The van der Waals surface area contributed by atoms with E-state index in [1.807, 2.05) is 42.5 Å². The SMILES string of the molecule is CCn1c2ccccc2c2cc(C(=O)NCCNC(c3ccncc3)c3ccncc3)ccc21. The fourth-order valence-corrected chi connectivity index (χ4v) is 4.57. The molecule has 0 saturated carbocycles. The Hall–Kier alpha value is -4.03. The zero-order valence-corrected chi connectivity index (χ0v) is 19.1. The van der Waals surface area contributed by atoms with Crippen LogP contribution in [0.3, 0.4) is 0 Å². The van der Waals surface area contributed by atoms with Gasteiger partial charge in [-0.25, -0.2) is 0 Å². The molecular formula is C28H27N5O. The van der Waals surface area contributed by atoms with Crippen LogP contribution >= 0.6 is 0 Å². The number of benzene rings is 2. The molecule has 6 nitrogen and oxygen atoms in total. The van der Waals surface area contributed by atoms with E-state index in [4.69, 9.17) is 0 Å². The highest BCUT2D eigenvalue weighted by atomic mass is 16.1. The number of aromatic nitrogens is 3. The summed E-state index contributed by atoms with van der Waals surface area (Å²) in [6.07, 6.45) is 7.16. The van der Waals surface area contributed by atoms with Gasteiger partial charge in [0.05, 0.1) is 6.04 Å². The molecule has 1 amide bonds. The summed E-state index contributed by atoms with van der Waals surface area (Å²) in [6, 6.07) is 22.3. The number of pyridine rings is 2. The first-order valence-electron chi connectivity index (χ1n) is 11.6. The molecule has 0 atom stereocenters. The third kappa shape index (κ3) is 4.28. The number of aryl methyl sites for hydroxylation is 1. The van der Waals surface area contributed by atoms with Gasteiger partial charge >= 0.3 is 0 Å². The van der Waals surface area contributed by atoms with Gasteiger partial charge in [-0.2, -0.15) is 0 Å². The van der Waals surface area contributed by atoms with Crippen molar-refractivity contribution in [1.82, 2.24) is 25.2 Å². The molecule has 0 aliphatic rings. The van der Waals surface area contributed by atoms with Gasteiger partial charge in [-0.1, -0.05) is 18.2 Å². The number of rotatable bonds is 8. The van der Waals surface area contributed by atoms with Crippen molar-refractivity contribution in [2.75, 3.05) is 13.1 Å². The highest BCUT2D eigenvalue weighted by Crippen LogP contribution is 2.29. The van der Waals surface area contributed by atoms with Crippen molar-refractivity contribution in [1.29, 1.82) is 0 Å². The van der Waals surface area contributed by atoms with Crippen LogP contribution in [0.2, 0.25) is 0 Å². The van der Waals surface area contributed by atoms with Crippen molar-refractivity contribution in [2.24, 2.45) is 0 Å². The van der Waals surface area contributed by atoms with Gasteiger partial charge in [-0.05, 0) is 66.6 Å². The van der Waals surface area contributed by atoms with Crippen LogP contribution in [0.5, 0.6) is 0 Å². The molecule has 0 saturated heterocycles. The second kappa shape index (κ2) is 9.85. The molecular weight excluding hydrogens is 422 g/mol. The lowest BCUT2D eigenvalue weighted by molar-refractivity contribution is 0.0954. The van der Waals surface area contributed by atoms with Crippen LogP contribution in [0.15, 0.2) is 91.5 Å². The summed E-state index contributed by atoms with van der Waals surface area (Å²) < 4.78 is 2.29. The van der Waals surface area contributed by atoms with Gasteiger partial charge in [0.2, 0.25) is 0 Å². The summed E-state index contributed by atoms with van der Waals surface area (Å²) >= 11 is 0. The first kappa shape index (κ1) is 21.8. The van der Waals surface area contributed by atoms with Crippen LogP contribution in [0.25, 0.3) is 21.8 Å². The lowest BCUT2D eigenvalue weighted by atomic mass is 10.0. The largest absolute Gasteiger partial charge is 0.351 e. The van der Waals surface area contributed by atoms with Crippen molar-refractivity contribution in [3.05, 3.63) is 108 Å². The number of carbonyl (C=O) groups excluding carboxylic acids is 1. The molecule has 0 bridgehead atoms. The topological polar surface area (TPSA) is 71.8 Å². The van der Waals surface area contributed by atoms with E-state index in [-0.39, 0.29) is 11.9 Å². The van der Waals surface area contributed by atoms with E-state index < -0.39 is 0 Å². The number of nitrogens with one attached hydrogen (secondary N) is 2. The van der Waals surface area contributed by atoms with Crippen LogP contribution in [0, 0.1) is 0 Å². The van der Waals surface area contributed by atoms with Gasteiger partial charge in [0, 0.05) is 71.8 Å². The third-order valence-electron chi connectivity index (χ3n) is 6.19. The predicted molar refractivity (Wildman–Crippen MR) is 136 cm³/mol. The normalized spacial score (nSPS) is 11.4. The number of fused-ring (bicyclic) bond motifs is 3. The molecule has 0 radical (unpaired) electrons. The van der Waals surface area contributed by atoms with Gasteiger partial charge in [0.15, 0.2) is 0 Å². The number of hydrogen-bond acceptors (Lipinski definition) is 4. The van der Waals surface area contributed by atoms with Crippen molar-refractivity contribution >= 4 is 27.7 Å². The third-order valence-corrected chi connectivity index (χ3v) is 6.19. The maximum atomic E-state index is 12.9. The Morgan fingerprint density at radius 2 is 1.47 bits per heavy atom. The minimum Gasteiger partial charge on any atom is -0.351 e. The fraction of sp³-hybridized carbons (Fsp3) is 0.179. The molecule has 3 heterocycles. The Morgan fingerprint density at radius 3 is 2.15 bits per heavy atom. The lowest BCUT2D eigenvalue weighted by Crippen LogP contribution is -2.34. The van der Waals surface area contributed by atoms with Gasteiger partial charge < -0.3 is 15.2 Å². The summed E-state index contributed by atoms with van der Waals surface area (Å²) in [5.74, 6) is -0.0681. The Balaban J connectivity index is 1.28. The number of para-hydroxylation sites is 1.